The van der Waals surface area contributed by atoms with Gasteiger partial charge in [0.25, 0.3) is 5.56 Å². The van der Waals surface area contributed by atoms with Crippen LogP contribution in [0.15, 0.2) is 27.7 Å². The fourth-order valence-corrected chi connectivity index (χ4v) is 3.40. The van der Waals surface area contributed by atoms with Crippen LogP contribution >= 0.6 is 27.5 Å². The number of hydrogen-bond donors (Lipinski definition) is 2. The van der Waals surface area contributed by atoms with Crippen molar-refractivity contribution in [1.29, 1.82) is 0 Å². The fourth-order valence-electron chi connectivity index (χ4n) is 2.91. The predicted molar refractivity (Wildman–Crippen MR) is 107 cm³/mol. The SMILES string of the molecule is CC.O=C(C[C@@H]1NCCC[C@H]1O)Cn1cnc2cc(Br)c(Cl)cc2c1=O. The Morgan fingerprint density at radius 1 is 1.46 bits per heavy atom. The molecule has 1 aromatic carbocycles. The van der Waals surface area contributed by atoms with Crippen molar-refractivity contribution in [2.75, 3.05) is 6.54 Å². The van der Waals surface area contributed by atoms with E-state index in [0.717, 1.165) is 13.0 Å². The van der Waals surface area contributed by atoms with Crippen LogP contribution in [0.1, 0.15) is 33.1 Å². The number of aromatic nitrogens is 2. The summed E-state index contributed by atoms with van der Waals surface area (Å²) in [4.78, 5) is 29.0. The largest absolute Gasteiger partial charge is 0.391 e. The Labute approximate surface area is 165 Å². The Balaban J connectivity index is 0.00000117. The molecule has 0 radical (unpaired) electrons. The molecule has 1 fully saturated rings. The predicted octanol–water partition coefficient (Wildman–Crippen LogP) is 2.91. The quantitative estimate of drug-likeness (QED) is 0.757. The Kier molecular flexibility index (Phi) is 7.76. The second-order valence-electron chi connectivity index (χ2n) is 5.97. The highest BCUT2D eigenvalue weighted by Crippen LogP contribution is 2.25. The summed E-state index contributed by atoms with van der Waals surface area (Å²) in [5.74, 6) is -0.125. The monoisotopic (exact) mass is 443 g/mol. The molecule has 6 nitrogen and oxygen atoms in total. The summed E-state index contributed by atoms with van der Waals surface area (Å²) in [7, 11) is 0. The van der Waals surface area contributed by atoms with E-state index in [1.54, 1.807) is 12.1 Å². The zero-order valence-corrected chi connectivity index (χ0v) is 17.2. The van der Waals surface area contributed by atoms with E-state index in [1.165, 1.54) is 10.9 Å². The van der Waals surface area contributed by atoms with Crippen LogP contribution in [0.25, 0.3) is 10.9 Å². The molecule has 3 rings (SSSR count). The molecular weight excluding hydrogens is 422 g/mol. The molecule has 2 atom stereocenters. The van der Waals surface area contributed by atoms with Crippen molar-refractivity contribution < 1.29 is 9.90 Å². The van der Waals surface area contributed by atoms with E-state index in [1.807, 2.05) is 13.8 Å². The molecule has 1 aromatic heterocycles. The number of fused-ring (bicyclic) bond motifs is 1. The first-order chi connectivity index (χ1) is 12.5. The molecule has 8 heteroatoms. The standard InChI is InChI=1S/C16H17BrClN3O3.C2H6/c17-11-6-13-10(5-12(11)18)16(24)21(8-20-13)7-9(22)4-14-15(23)2-1-3-19-14;1-2/h5-6,8,14-15,19,23H,1-4,7H2;1-2H3/t14-,15+;/m0./s1. The number of hydrogen-bond acceptors (Lipinski definition) is 5. The van der Waals surface area contributed by atoms with Crippen molar-refractivity contribution in [2.24, 2.45) is 0 Å². The molecular formula is C18H23BrClN3O3. The van der Waals surface area contributed by atoms with E-state index in [4.69, 9.17) is 11.6 Å². The average Bonchev–Trinajstić information content (AvgIpc) is 2.63. The number of rotatable bonds is 4. The lowest BCUT2D eigenvalue weighted by Crippen LogP contribution is -2.46. The second-order valence-corrected chi connectivity index (χ2v) is 7.24. The summed E-state index contributed by atoms with van der Waals surface area (Å²) in [6, 6.07) is 2.97. The van der Waals surface area contributed by atoms with Crippen molar-refractivity contribution in [1.82, 2.24) is 14.9 Å². The minimum atomic E-state index is -0.523. The second kappa shape index (κ2) is 9.60. The molecule has 2 N–H and O–H groups in total. The molecule has 0 amide bonds. The number of nitrogens with one attached hydrogen (secondary N) is 1. The van der Waals surface area contributed by atoms with Gasteiger partial charge in [-0.3, -0.25) is 14.2 Å². The first-order valence-corrected chi connectivity index (χ1v) is 9.90. The summed E-state index contributed by atoms with van der Waals surface area (Å²) >= 11 is 9.33. The van der Waals surface area contributed by atoms with Gasteiger partial charge in [0.2, 0.25) is 0 Å². The van der Waals surface area contributed by atoms with Gasteiger partial charge in [0.05, 0.1) is 34.9 Å². The van der Waals surface area contributed by atoms with Gasteiger partial charge in [-0.2, -0.15) is 0 Å². The van der Waals surface area contributed by atoms with E-state index in [9.17, 15) is 14.7 Å². The number of aliphatic hydroxyl groups is 1. The molecule has 0 unspecified atom stereocenters. The van der Waals surface area contributed by atoms with Gasteiger partial charge in [-0.05, 0) is 47.4 Å². The highest BCUT2D eigenvalue weighted by Gasteiger charge is 2.25. The Morgan fingerprint density at radius 3 is 2.88 bits per heavy atom. The third kappa shape index (κ3) is 4.91. The van der Waals surface area contributed by atoms with Gasteiger partial charge in [0.1, 0.15) is 0 Å². The number of aliphatic hydroxyl groups excluding tert-OH is 1. The van der Waals surface area contributed by atoms with Crippen LogP contribution in [-0.4, -0.2) is 39.1 Å². The number of ketones is 1. The summed E-state index contributed by atoms with van der Waals surface area (Å²) in [6.07, 6.45) is 2.62. The van der Waals surface area contributed by atoms with E-state index >= 15 is 0 Å². The summed E-state index contributed by atoms with van der Waals surface area (Å²) < 4.78 is 1.94. The number of nitrogens with zero attached hydrogens (tertiary/aromatic N) is 2. The zero-order valence-electron chi connectivity index (χ0n) is 14.8. The van der Waals surface area contributed by atoms with Gasteiger partial charge >= 0.3 is 0 Å². The number of carbonyl (C=O) groups excluding carboxylic acids is 1. The minimum absolute atomic E-state index is 0.0691. The lowest BCUT2D eigenvalue weighted by molar-refractivity contribution is -0.121. The van der Waals surface area contributed by atoms with Crippen molar-refractivity contribution in [3.05, 3.63) is 38.3 Å². The number of halogens is 2. The van der Waals surface area contributed by atoms with Crippen LogP contribution in [-0.2, 0) is 11.3 Å². The lowest BCUT2D eigenvalue weighted by atomic mass is 9.97. The maximum atomic E-state index is 12.5. The molecule has 1 aliphatic rings. The highest BCUT2D eigenvalue weighted by molar-refractivity contribution is 9.10. The van der Waals surface area contributed by atoms with Crippen LogP contribution in [0.3, 0.4) is 0 Å². The van der Waals surface area contributed by atoms with Crippen molar-refractivity contribution in [2.45, 2.75) is 51.8 Å². The first kappa shape index (κ1) is 21.0. The van der Waals surface area contributed by atoms with Crippen molar-refractivity contribution >= 4 is 44.2 Å². The molecule has 2 aromatic rings. The van der Waals surface area contributed by atoms with Crippen molar-refractivity contribution in [3.63, 3.8) is 0 Å². The highest BCUT2D eigenvalue weighted by atomic mass is 79.9. The molecule has 1 saturated heterocycles. The maximum absolute atomic E-state index is 12.5. The van der Waals surface area contributed by atoms with E-state index in [-0.39, 0.29) is 30.3 Å². The van der Waals surface area contributed by atoms with E-state index in [2.05, 4.69) is 26.2 Å². The Morgan fingerprint density at radius 2 is 2.19 bits per heavy atom. The molecule has 1 aliphatic heterocycles. The van der Waals surface area contributed by atoms with Gasteiger partial charge in [0.15, 0.2) is 5.78 Å². The Bertz CT molecular complexity index is 840. The fraction of sp³-hybridized carbons (Fsp3) is 0.500. The van der Waals surface area contributed by atoms with Gasteiger partial charge in [0, 0.05) is 16.9 Å². The van der Waals surface area contributed by atoms with E-state index < -0.39 is 6.10 Å². The molecule has 26 heavy (non-hydrogen) atoms. The van der Waals surface area contributed by atoms with Gasteiger partial charge in [-0.25, -0.2) is 4.98 Å². The lowest BCUT2D eigenvalue weighted by Gasteiger charge is -2.28. The molecule has 0 aliphatic carbocycles. The van der Waals surface area contributed by atoms with Gasteiger partial charge in [-0.1, -0.05) is 25.4 Å². The third-order valence-corrected chi connectivity index (χ3v) is 5.41. The molecule has 0 saturated carbocycles. The smallest absolute Gasteiger partial charge is 0.261 e. The number of Topliss-reactive ketones (excluding diaryl/α,β-unsaturated/α-hetero) is 1. The van der Waals surface area contributed by atoms with Crippen molar-refractivity contribution in [3.8, 4) is 0 Å². The van der Waals surface area contributed by atoms with Crippen LogP contribution < -0.4 is 10.9 Å². The summed E-state index contributed by atoms with van der Waals surface area (Å²) in [5, 5.41) is 13.9. The van der Waals surface area contributed by atoms with E-state index in [0.29, 0.717) is 26.8 Å². The normalized spacial score (nSPS) is 19.7. The maximum Gasteiger partial charge on any atom is 0.261 e. The zero-order chi connectivity index (χ0) is 19.3. The molecule has 0 bridgehead atoms. The summed E-state index contributed by atoms with van der Waals surface area (Å²) in [5.41, 5.74) is 0.212. The topological polar surface area (TPSA) is 84.2 Å². The number of piperidine rings is 1. The summed E-state index contributed by atoms with van der Waals surface area (Å²) in [6.45, 7) is 4.72. The molecule has 0 spiro atoms. The number of carbonyl (C=O) groups is 1. The third-order valence-electron chi connectivity index (χ3n) is 4.21. The van der Waals surface area contributed by atoms with Crippen LogP contribution in [0.4, 0.5) is 0 Å². The minimum Gasteiger partial charge on any atom is -0.391 e. The van der Waals surface area contributed by atoms with Gasteiger partial charge in [-0.15, -0.1) is 0 Å². The average molecular weight is 445 g/mol. The first-order valence-electron chi connectivity index (χ1n) is 8.73. The molecule has 2 heterocycles. The molecule has 142 valence electrons. The van der Waals surface area contributed by atoms with Crippen LogP contribution in [0.2, 0.25) is 5.02 Å². The van der Waals surface area contributed by atoms with Crippen LogP contribution in [0, 0.1) is 0 Å². The van der Waals surface area contributed by atoms with Gasteiger partial charge < -0.3 is 10.4 Å². The van der Waals surface area contributed by atoms with Crippen LogP contribution in [0.5, 0.6) is 0 Å². The Hall–Kier alpha value is -1.28. The number of benzene rings is 1.